The Morgan fingerprint density at radius 3 is 2.58 bits per heavy atom. The van der Waals surface area contributed by atoms with Crippen molar-refractivity contribution in [3.63, 3.8) is 0 Å². The summed E-state index contributed by atoms with van der Waals surface area (Å²) >= 11 is 0. The van der Waals surface area contributed by atoms with Crippen molar-refractivity contribution in [2.75, 3.05) is 0 Å². The van der Waals surface area contributed by atoms with Crippen LogP contribution in [0.4, 0.5) is 5.69 Å². The summed E-state index contributed by atoms with van der Waals surface area (Å²) in [7, 11) is 0. The fourth-order valence-electron chi connectivity index (χ4n) is 1.96. The number of aryl methyl sites for hydroxylation is 1. The average molecular weight is 254 g/mol. The Bertz CT molecular complexity index is 760. The first-order valence-electron chi connectivity index (χ1n) is 5.76. The molecule has 0 bridgehead atoms. The van der Waals surface area contributed by atoms with Gasteiger partial charge in [-0.05, 0) is 13.0 Å². The van der Waals surface area contributed by atoms with Gasteiger partial charge < -0.3 is 4.52 Å². The molecular formula is C14H10N2O3. The lowest BCUT2D eigenvalue weighted by Gasteiger charge is -1.97. The maximum Gasteiger partial charge on any atom is 0.270 e. The minimum absolute atomic E-state index is 0.0315. The zero-order chi connectivity index (χ0) is 13.4. The Kier molecular flexibility index (Phi) is 2.52. The fraction of sp³-hybridized carbons (Fsp3) is 0.0714. The van der Waals surface area contributed by atoms with Crippen LogP contribution >= 0.6 is 0 Å². The summed E-state index contributed by atoms with van der Waals surface area (Å²) in [6.07, 6.45) is 0. The predicted octanol–water partition coefficient (Wildman–Crippen LogP) is 3.71. The highest BCUT2D eigenvalue weighted by Crippen LogP contribution is 2.30. The van der Waals surface area contributed by atoms with Gasteiger partial charge in [-0.3, -0.25) is 10.1 Å². The fourth-order valence-corrected chi connectivity index (χ4v) is 1.96. The second-order valence-corrected chi connectivity index (χ2v) is 4.33. The Morgan fingerprint density at radius 2 is 1.89 bits per heavy atom. The van der Waals surface area contributed by atoms with Gasteiger partial charge in [0.1, 0.15) is 5.69 Å². The van der Waals surface area contributed by atoms with Crippen molar-refractivity contribution < 1.29 is 9.45 Å². The third-order valence-corrected chi connectivity index (χ3v) is 2.99. The van der Waals surface area contributed by atoms with E-state index in [0.717, 1.165) is 11.1 Å². The molecule has 0 saturated heterocycles. The van der Waals surface area contributed by atoms with E-state index in [2.05, 4.69) is 5.16 Å². The molecule has 0 aliphatic carbocycles. The van der Waals surface area contributed by atoms with Crippen molar-refractivity contribution in [3.05, 3.63) is 58.1 Å². The lowest BCUT2D eigenvalue weighted by atomic mass is 10.1. The predicted molar refractivity (Wildman–Crippen MR) is 70.8 cm³/mol. The quantitative estimate of drug-likeness (QED) is 0.516. The molecular weight excluding hydrogens is 244 g/mol. The number of fused-ring (bicyclic) bond motifs is 1. The second kappa shape index (κ2) is 4.20. The molecule has 0 unspecified atom stereocenters. The van der Waals surface area contributed by atoms with Gasteiger partial charge in [0.05, 0.1) is 10.3 Å². The summed E-state index contributed by atoms with van der Waals surface area (Å²) < 4.78 is 5.20. The summed E-state index contributed by atoms with van der Waals surface area (Å²) in [6, 6.07) is 12.2. The maximum atomic E-state index is 10.8. The van der Waals surface area contributed by atoms with Crippen LogP contribution in [0.15, 0.2) is 47.0 Å². The summed E-state index contributed by atoms with van der Waals surface area (Å²) in [5, 5.41) is 15.5. The normalized spacial score (nSPS) is 10.8. The van der Waals surface area contributed by atoms with Crippen LogP contribution in [0.1, 0.15) is 5.56 Å². The van der Waals surface area contributed by atoms with Crippen LogP contribution in [0.2, 0.25) is 0 Å². The van der Waals surface area contributed by atoms with E-state index >= 15 is 0 Å². The Labute approximate surface area is 108 Å². The van der Waals surface area contributed by atoms with Gasteiger partial charge in [0, 0.05) is 17.7 Å². The minimum Gasteiger partial charge on any atom is -0.356 e. The van der Waals surface area contributed by atoms with Crippen molar-refractivity contribution in [2.45, 2.75) is 6.92 Å². The highest BCUT2D eigenvalue weighted by Gasteiger charge is 2.14. The van der Waals surface area contributed by atoms with Gasteiger partial charge in [0.2, 0.25) is 0 Å². The van der Waals surface area contributed by atoms with Crippen molar-refractivity contribution in [1.29, 1.82) is 0 Å². The topological polar surface area (TPSA) is 69.2 Å². The molecule has 0 N–H and O–H groups in total. The summed E-state index contributed by atoms with van der Waals surface area (Å²) in [5.41, 5.74) is 3.22. The molecule has 3 rings (SSSR count). The first-order chi connectivity index (χ1) is 9.15. The molecule has 3 aromatic rings. The van der Waals surface area contributed by atoms with Crippen LogP contribution in [-0.2, 0) is 0 Å². The summed E-state index contributed by atoms with van der Waals surface area (Å²) in [6.45, 7) is 2.00. The minimum atomic E-state index is -0.425. The molecule has 1 aromatic heterocycles. The molecule has 0 fully saturated rings. The van der Waals surface area contributed by atoms with E-state index in [-0.39, 0.29) is 5.69 Å². The molecule has 19 heavy (non-hydrogen) atoms. The van der Waals surface area contributed by atoms with Crippen molar-refractivity contribution in [1.82, 2.24) is 5.16 Å². The van der Waals surface area contributed by atoms with Crippen LogP contribution in [0.25, 0.3) is 22.2 Å². The van der Waals surface area contributed by atoms with Gasteiger partial charge in [-0.25, -0.2) is 0 Å². The van der Waals surface area contributed by atoms with E-state index in [9.17, 15) is 10.1 Å². The number of nitro benzene ring substituents is 1. The molecule has 94 valence electrons. The largest absolute Gasteiger partial charge is 0.356 e. The third kappa shape index (κ3) is 1.95. The van der Waals surface area contributed by atoms with E-state index < -0.39 is 4.92 Å². The van der Waals surface area contributed by atoms with Crippen molar-refractivity contribution in [3.8, 4) is 11.3 Å². The number of hydrogen-bond acceptors (Lipinski definition) is 4. The van der Waals surface area contributed by atoms with Gasteiger partial charge in [-0.1, -0.05) is 35.0 Å². The van der Waals surface area contributed by atoms with Crippen LogP contribution in [0.3, 0.4) is 0 Å². The highest BCUT2D eigenvalue weighted by atomic mass is 16.6. The molecule has 5 nitrogen and oxygen atoms in total. The van der Waals surface area contributed by atoms with Gasteiger partial charge in [0.15, 0.2) is 5.58 Å². The SMILES string of the molecule is Cc1ccc(-c2noc3ccc([N+](=O)[O-])cc23)cc1. The zero-order valence-electron chi connectivity index (χ0n) is 10.2. The van der Waals surface area contributed by atoms with Crippen LogP contribution < -0.4 is 0 Å². The Balaban J connectivity index is 2.21. The standard InChI is InChI=1S/C14H10N2O3/c1-9-2-4-10(5-3-9)14-12-8-11(16(17)18)6-7-13(12)19-15-14/h2-8H,1H3. The van der Waals surface area contributed by atoms with Crippen molar-refractivity contribution >= 4 is 16.7 Å². The lowest BCUT2D eigenvalue weighted by molar-refractivity contribution is -0.384. The van der Waals surface area contributed by atoms with E-state index in [1.165, 1.54) is 12.1 Å². The molecule has 0 atom stereocenters. The van der Waals surface area contributed by atoms with Gasteiger partial charge >= 0.3 is 0 Å². The van der Waals surface area contributed by atoms with Crippen LogP contribution in [-0.4, -0.2) is 10.1 Å². The van der Waals surface area contributed by atoms with Gasteiger partial charge in [-0.2, -0.15) is 0 Å². The summed E-state index contributed by atoms with van der Waals surface area (Å²) in [4.78, 5) is 10.4. The number of non-ortho nitro benzene ring substituents is 1. The van der Waals surface area contributed by atoms with E-state index in [1.54, 1.807) is 6.07 Å². The molecule has 0 saturated carbocycles. The van der Waals surface area contributed by atoms with Gasteiger partial charge in [-0.15, -0.1) is 0 Å². The second-order valence-electron chi connectivity index (χ2n) is 4.33. The van der Waals surface area contributed by atoms with E-state index in [0.29, 0.717) is 16.7 Å². The highest BCUT2D eigenvalue weighted by molar-refractivity contribution is 5.92. The smallest absolute Gasteiger partial charge is 0.270 e. The molecule has 0 spiro atoms. The van der Waals surface area contributed by atoms with Crippen LogP contribution in [0, 0.1) is 17.0 Å². The molecule has 0 radical (unpaired) electrons. The third-order valence-electron chi connectivity index (χ3n) is 2.99. The monoisotopic (exact) mass is 254 g/mol. The van der Waals surface area contributed by atoms with Crippen LogP contribution in [0.5, 0.6) is 0 Å². The lowest BCUT2D eigenvalue weighted by Crippen LogP contribution is -1.87. The maximum absolute atomic E-state index is 10.8. The number of benzene rings is 2. The zero-order valence-corrected chi connectivity index (χ0v) is 10.2. The number of aromatic nitrogens is 1. The van der Waals surface area contributed by atoms with E-state index in [1.807, 2.05) is 31.2 Å². The molecule has 0 aliphatic heterocycles. The molecule has 2 aromatic carbocycles. The molecule has 0 amide bonds. The van der Waals surface area contributed by atoms with E-state index in [4.69, 9.17) is 4.52 Å². The number of nitro groups is 1. The first-order valence-corrected chi connectivity index (χ1v) is 5.76. The molecule has 1 heterocycles. The Morgan fingerprint density at radius 1 is 1.16 bits per heavy atom. The Hall–Kier alpha value is -2.69. The average Bonchev–Trinajstić information content (AvgIpc) is 2.82. The molecule has 5 heteroatoms. The van der Waals surface area contributed by atoms with Crippen molar-refractivity contribution in [2.24, 2.45) is 0 Å². The first kappa shape index (κ1) is 11.4. The number of nitrogens with zero attached hydrogens (tertiary/aromatic N) is 2. The van der Waals surface area contributed by atoms with Gasteiger partial charge in [0.25, 0.3) is 5.69 Å². The molecule has 0 aliphatic rings. The summed E-state index contributed by atoms with van der Waals surface area (Å²) in [5.74, 6) is 0. The number of hydrogen-bond donors (Lipinski definition) is 0. The number of rotatable bonds is 2.